The first-order chi connectivity index (χ1) is 7.65. The molecule has 0 aromatic carbocycles. The Bertz CT molecular complexity index is 342. The molecule has 90 valence electrons. The van der Waals surface area contributed by atoms with E-state index in [9.17, 15) is 0 Å². The molecule has 0 spiro atoms. The lowest BCUT2D eigenvalue weighted by molar-refractivity contribution is 0.186. The number of aromatic nitrogens is 2. The van der Waals surface area contributed by atoms with Crippen LogP contribution in [0.5, 0.6) is 0 Å². The van der Waals surface area contributed by atoms with Gasteiger partial charge in [-0.25, -0.2) is 4.98 Å². The van der Waals surface area contributed by atoms with E-state index in [1.807, 2.05) is 32.1 Å². The Hall–Kier alpha value is -1.29. The van der Waals surface area contributed by atoms with Crippen LogP contribution < -0.4 is 0 Å². The summed E-state index contributed by atoms with van der Waals surface area (Å²) in [5.41, 5.74) is 1.23. The van der Waals surface area contributed by atoms with Gasteiger partial charge in [-0.3, -0.25) is 0 Å². The summed E-state index contributed by atoms with van der Waals surface area (Å²) in [6.45, 7) is 3.61. The van der Waals surface area contributed by atoms with E-state index in [1.165, 1.54) is 5.69 Å². The van der Waals surface area contributed by atoms with Crippen molar-refractivity contribution in [3.05, 3.63) is 30.0 Å². The molecule has 0 atom stereocenters. The topological polar surface area (TPSA) is 30.3 Å². The van der Waals surface area contributed by atoms with Crippen molar-refractivity contribution >= 4 is 0 Å². The number of hydrogen-bond donors (Lipinski definition) is 0. The fraction of sp³-hybridized carbons (Fsp3) is 0.583. The average Bonchev–Trinajstić information content (AvgIpc) is 2.57. The molecule has 0 aliphatic carbocycles. The zero-order chi connectivity index (χ0) is 12.0. The summed E-state index contributed by atoms with van der Waals surface area (Å²) in [7, 11) is 5.76. The van der Waals surface area contributed by atoms with Gasteiger partial charge in [0.15, 0.2) is 0 Å². The van der Waals surface area contributed by atoms with Crippen LogP contribution in [0.15, 0.2) is 18.5 Å². The van der Waals surface area contributed by atoms with Crippen LogP contribution in [-0.4, -0.2) is 42.3 Å². The summed E-state index contributed by atoms with van der Waals surface area (Å²) >= 11 is 0. The Morgan fingerprint density at radius 1 is 1.50 bits per heavy atom. The van der Waals surface area contributed by atoms with Crippen molar-refractivity contribution in [2.45, 2.75) is 19.9 Å². The highest BCUT2D eigenvalue weighted by Crippen LogP contribution is 2.06. The zero-order valence-electron chi connectivity index (χ0n) is 10.6. The van der Waals surface area contributed by atoms with Crippen molar-refractivity contribution in [1.82, 2.24) is 14.5 Å². The maximum absolute atomic E-state index is 5.09. The lowest BCUT2D eigenvalue weighted by Crippen LogP contribution is -2.09. The maximum atomic E-state index is 5.09. The van der Waals surface area contributed by atoms with Crippen LogP contribution in [0, 0.1) is 6.92 Å². The SMILES string of the molecule is COCCn1c(CC=CN(C)C)cnc1C. The van der Waals surface area contributed by atoms with Crippen molar-refractivity contribution < 1.29 is 4.74 Å². The van der Waals surface area contributed by atoms with Gasteiger partial charge in [-0.05, 0) is 13.1 Å². The molecule has 0 radical (unpaired) electrons. The van der Waals surface area contributed by atoms with Crippen LogP contribution in [0.2, 0.25) is 0 Å². The first-order valence-corrected chi connectivity index (χ1v) is 5.48. The van der Waals surface area contributed by atoms with E-state index >= 15 is 0 Å². The summed E-state index contributed by atoms with van der Waals surface area (Å²) < 4.78 is 7.29. The van der Waals surface area contributed by atoms with Crippen LogP contribution in [0.4, 0.5) is 0 Å². The van der Waals surface area contributed by atoms with E-state index in [2.05, 4.69) is 21.8 Å². The minimum atomic E-state index is 0.724. The molecule has 0 aliphatic rings. The molecule has 0 fully saturated rings. The molecule has 0 N–H and O–H groups in total. The summed E-state index contributed by atoms with van der Waals surface area (Å²) in [5, 5.41) is 0. The van der Waals surface area contributed by atoms with Crippen molar-refractivity contribution in [1.29, 1.82) is 0 Å². The molecular formula is C12H21N3O. The second-order valence-electron chi connectivity index (χ2n) is 3.99. The molecule has 0 aliphatic heterocycles. The van der Waals surface area contributed by atoms with E-state index in [1.54, 1.807) is 7.11 Å². The minimum absolute atomic E-state index is 0.724. The van der Waals surface area contributed by atoms with Crippen molar-refractivity contribution in [3.8, 4) is 0 Å². The average molecular weight is 223 g/mol. The number of imidazole rings is 1. The van der Waals surface area contributed by atoms with Crippen molar-refractivity contribution in [2.75, 3.05) is 27.8 Å². The number of aryl methyl sites for hydroxylation is 1. The van der Waals surface area contributed by atoms with Gasteiger partial charge < -0.3 is 14.2 Å². The molecule has 4 heteroatoms. The van der Waals surface area contributed by atoms with E-state index < -0.39 is 0 Å². The molecular weight excluding hydrogens is 202 g/mol. The number of methoxy groups -OCH3 is 1. The second kappa shape index (κ2) is 6.33. The fourth-order valence-electron chi connectivity index (χ4n) is 1.55. The highest BCUT2D eigenvalue weighted by atomic mass is 16.5. The molecule has 4 nitrogen and oxygen atoms in total. The zero-order valence-corrected chi connectivity index (χ0v) is 10.6. The van der Waals surface area contributed by atoms with Gasteiger partial charge >= 0.3 is 0 Å². The predicted molar refractivity (Wildman–Crippen MR) is 65.4 cm³/mol. The number of hydrogen-bond acceptors (Lipinski definition) is 3. The van der Waals surface area contributed by atoms with Crippen LogP contribution in [0.25, 0.3) is 0 Å². The molecule has 0 amide bonds. The third kappa shape index (κ3) is 3.70. The van der Waals surface area contributed by atoms with Gasteiger partial charge in [-0.15, -0.1) is 0 Å². The third-order valence-electron chi connectivity index (χ3n) is 2.39. The normalized spacial score (nSPS) is 11.2. The van der Waals surface area contributed by atoms with Gasteiger partial charge in [0, 0.05) is 46.1 Å². The highest BCUT2D eigenvalue weighted by molar-refractivity contribution is 5.08. The summed E-state index contributed by atoms with van der Waals surface area (Å²) in [6, 6.07) is 0. The quantitative estimate of drug-likeness (QED) is 0.731. The molecule has 1 heterocycles. The monoisotopic (exact) mass is 223 g/mol. The molecule has 0 unspecified atom stereocenters. The van der Waals surface area contributed by atoms with Crippen LogP contribution >= 0.6 is 0 Å². The van der Waals surface area contributed by atoms with Crippen LogP contribution in [0.3, 0.4) is 0 Å². The molecule has 0 saturated carbocycles. The predicted octanol–water partition coefficient (Wildman–Crippen LogP) is 1.46. The molecule has 0 bridgehead atoms. The van der Waals surface area contributed by atoms with Gasteiger partial charge in [-0.1, -0.05) is 6.08 Å². The first kappa shape index (κ1) is 12.8. The molecule has 16 heavy (non-hydrogen) atoms. The van der Waals surface area contributed by atoms with Crippen molar-refractivity contribution in [3.63, 3.8) is 0 Å². The van der Waals surface area contributed by atoms with Crippen LogP contribution in [-0.2, 0) is 17.7 Å². The van der Waals surface area contributed by atoms with Gasteiger partial charge in [-0.2, -0.15) is 0 Å². The summed E-state index contributed by atoms with van der Waals surface area (Å²) in [4.78, 5) is 6.36. The highest BCUT2D eigenvalue weighted by Gasteiger charge is 2.04. The molecule has 0 saturated heterocycles. The maximum Gasteiger partial charge on any atom is 0.105 e. The number of rotatable bonds is 6. The van der Waals surface area contributed by atoms with E-state index in [4.69, 9.17) is 4.74 Å². The number of nitrogens with zero attached hydrogens (tertiary/aromatic N) is 3. The standard InChI is InChI=1S/C12H21N3O/c1-11-13-10-12(6-5-7-14(2)3)15(11)8-9-16-4/h5,7,10H,6,8-9H2,1-4H3. The van der Waals surface area contributed by atoms with Gasteiger partial charge in [0.1, 0.15) is 5.82 Å². The van der Waals surface area contributed by atoms with E-state index in [0.717, 1.165) is 25.4 Å². The van der Waals surface area contributed by atoms with Gasteiger partial charge in [0.05, 0.1) is 6.61 Å². The largest absolute Gasteiger partial charge is 0.384 e. The second-order valence-corrected chi connectivity index (χ2v) is 3.99. The Kier molecular flexibility index (Phi) is 5.05. The summed E-state index contributed by atoms with van der Waals surface area (Å²) in [6.07, 6.45) is 7.04. The van der Waals surface area contributed by atoms with E-state index in [0.29, 0.717) is 0 Å². The van der Waals surface area contributed by atoms with E-state index in [-0.39, 0.29) is 0 Å². The molecule has 1 rings (SSSR count). The minimum Gasteiger partial charge on any atom is -0.384 e. The lowest BCUT2D eigenvalue weighted by atomic mass is 10.3. The summed E-state index contributed by atoms with van der Waals surface area (Å²) in [5.74, 6) is 1.05. The molecule has 1 aromatic heterocycles. The first-order valence-electron chi connectivity index (χ1n) is 5.48. The van der Waals surface area contributed by atoms with Crippen molar-refractivity contribution in [2.24, 2.45) is 0 Å². The molecule has 1 aromatic rings. The van der Waals surface area contributed by atoms with Crippen LogP contribution in [0.1, 0.15) is 11.5 Å². The fourth-order valence-corrected chi connectivity index (χ4v) is 1.55. The smallest absolute Gasteiger partial charge is 0.105 e. The number of allylic oxidation sites excluding steroid dienone is 1. The Labute approximate surface area is 97.5 Å². The van der Waals surface area contributed by atoms with Gasteiger partial charge in [0.2, 0.25) is 0 Å². The van der Waals surface area contributed by atoms with Gasteiger partial charge in [0.25, 0.3) is 0 Å². The number of ether oxygens (including phenoxy) is 1. The Morgan fingerprint density at radius 2 is 2.25 bits per heavy atom. The lowest BCUT2D eigenvalue weighted by Gasteiger charge is -2.08. The Morgan fingerprint density at radius 3 is 2.88 bits per heavy atom. The third-order valence-corrected chi connectivity index (χ3v) is 2.39. The Balaban J connectivity index is 2.64.